The maximum absolute atomic E-state index is 14.0. The summed E-state index contributed by atoms with van der Waals surface area (Å²) in [5, 5.41) is 6.40. The molecular formula is C21H18Cl2F3N3O2. The highest BCUT2D eigenvalue weighted by atomic mass is 35.5. The largest absolute Gasteiger partial charge is 0.435 e. The molecule has 0 radical (unpaired) electrons. The lowest BCUT2D eigenvalue weighted by Crippen LogP contribution is -2.43. The van der Waals surface area contributed by atoms with Gasteiger partial charge in [-0.3, -0.25) is 4.79 Å². The number of hydrogen-bond acceptors (Lipinski definition) is 4. The van der Waals surface area contributed by atoms with Crippen LogP contribution in [0.4, 0.5) is 13.2 Å². The van der Waals surface area contributed by atoms with Crippen LogP contribution in [-0.4, -0.2) is 36.3 Å². The zero-order valence-corrected chi connectivity index (χ0v) is 17.8. The van der Waals surface area contributed by atoms with Crippen molar-refractivity contribution in [3.63, 3.8) is 0 Å². The van der Waals surface area contributed by atoms with E-state index in [4.69, 9.17) is 28.0 Å². The van der Waals surface area contributed by atoms with Gasteiger partial charge >= 0.3 is 6.18 Å². The number of carbonyl (C=O) groups excluding carboxylic acids is 1. The SMILES string of the molecule is CN(/C=C/NC(=O)c1ccccc1)CC1=NOC(c2cc(Cl)cc(Cl)c2)(C(F)(F)F)C1. The van der Waals surface area contributed by atoms with Crippen molar-refractivity contribution >= 4 is 34.8 Å². The third kappa shape index (κ3) is 5.32. The van der Waals surface area contributed by atoms with E-state index in [9.17, 15) is 18.0 Å². The average molecular weight is 472 g/mol. The average Bonchev–Trinajstić information content (AvgIpc) is 3.13. The Morgan fingerprint density at radius 2 is 1.87 bits per heavy atom. The lowest BCUT2D eigenvalue weighted by molar-refractivity contribution is -0.275. The lowest BCUT2D eigenvalue weighted by atomic mass is 9.88. The van der Waals surface area contributed by atoms with E-state index in [2.05, 4.69) is 10.5 Å². The second-order valence-electron chi connectivity index (χ2n) is 6.98. The highest BCUT2D eigenvalue weighted by Crippen LogP contribution is 2.49. The Hall–Kier alpha value is -2.71. The molecule has 1 aliphatic heterocycles. The second kappa shape index (κ2) is 9.20. The Morgan fingerprint density at radius 3 is 2.48 bits per heavy atom. The van der Waals surface area contributed by atoms with Crippen LogP contribution < -0.4 is 5.32 Å². The summed E-state index contributed by atoms with van der Waals surface area (Å²) < 4.78 is 41.9. The van der Waals surface area contributed by atoms with E-state index >= 15 is 0 Å². The van der Waals surface area contributed by atoms with Crippen LogP contribution in [0.3, 0.4) is 0 Å². The molecular weight excluding hydrogens is 454 g/mol. The molecule has 0 saturated carbocycles. The van der Waals surface area contributed by atoms with Gasteiger partial charge < -0.3 is 15.1 Å². The summed E-state index contributed by atoms with van der Waals surface area (Å²) in [6.45, 7) is 0.0594. The number of rotatable bonds is 6. The van der Waals surface area contributed by atoms with Gasteiger partial charge in [-0.2, -0.15) is 13.2 Å². The van der Waals surface area contributed by atoms with Gasteiger partial charge in [-0.25, -0.2) is 0 Å². The van der Waals surface area contributed by atoms with Gasteiger partial charge in [-0.1, -0.05) is 46.6 Å². The highest BCUT2D eigenvalue weighted by Gasteiger charge is 2.62. The number of halogens is 5. The molecule has 1 aliphatic rings. The number of carbonyl (C=O) groups is 1. The number of nitrogens with one attached hydrogen (secondary N) is 1. The van der Waals surface area contributed by atoms with Crippen LogP contribution in [0, 0.1) is 0 Å². The smallest absolute Gasteiger partial charge is 0.374 e. The monoisotopic (exact) mass is 471 g/mol. The molecule has 164 valence electrons. The van der Waals surface area contributed by atoms with Crippen LogP contribution in [0.5, 0.6) is 0 Å². The van der Waals surface area contributed by atoms with Crippen molar-refractivity contribution in [1.29, 1.82) is 0 Å². The number of amides is 1. The first-order chi connectivity index (χ1) is 14.6. The van der Waals surface area contributed by atoms with E-state index in [1.54, 1.807) is 42.3 Å². The molecule has 0 bridgehead atoms. The molecule has 1 heterocycles. The molecule has 1 N–H and O–H groups in total. The van der Waals surface area contributed by atoms with E-state index in [-0.39, 0.29) is 33.8 Å². The predicted octanol–water partition coefficient (Wildman–Crippen LogP) is 5.36. The summed E-state index contributed by atoms with van der Waals surface area (Å²) in [6, 6.07) is 12.3. The first kappa shape index (κ1) is 23.0. The minimum atomic E-state index is -4.75. The van der Waals surface area contributed by atoms with Gasteiger partial charge in [-0.05, 0) is 30.3 Å². The third-order valence-corrected chi connectivity index (χ3v) is 5.02. The van der Waals surface area contributed by atoms with Crippen molar-refractivity contribution < 1.29 is 22.8 Å². The fourth-order valence-corrected chi connectivity index (χ4v) is 3.62. The van der Waals surface area contributed by atoms with Gasteiger partial charge in [0.2, 0.25) is 0 Å². The predicted molar refractivity (Wildman–Crippen MR) is 113 cm³/mol. The van der Waals surface area contributed by atoms with Crippen molar-refractivity contribution in [3.8, 4) is 0 Å². The molecule has 3 rings (SSSR count). The van der Waals surface area contributed by atoms with Gasteiger partial charge in [0.25, 0.3) is 11.5 Å². The van der Waals surface area contributed by atoms with Crippen LogP contribution in [0.15, 0.2) is 66.1 Å². The molecule has 10 heteroatoms. The summed E-state index contributed by atoms with van der Waals surface area (Å²) in [4.78, 5) is 18.5. The molecule has 0 aromatic heterocycles. The van der Waals surface area contributed by atoms with E-state index in [0.29, 0.717) is 5.56 Å². The Bertz CT molecular complexity index is 992. The van der Waals surface area contributed by atoms with Crippen LogP contribution in [0.25, 0.3) is 0 Å². The lowest BCUT2D eigenvalue weighted by Gasteiger charge is -2.29. The molecule has 2 aromatic rings. The zero-order chi connectivity index (χ0) is 22.6. The molecule has 1 atom stereocenters. The minimum absolute atomic E-state index is 0.0594. The number of alkyl halides is 3. The molecule has 1 amide bonds. The van der Waals surface area contributed by atoms with Gasteiger partial charge in [0.15, 0.2) is 0 Å². The van der Waals surface area contributed by atoms with Crippen molar-refractivity contribution in [1.82, 2.24) is 10.2 Å². The first-order valence-electron chi connectivity index (χ1n) is 9.11. The van der Waals surface area contributed by atoms with E-state index in [1.165, 1.54) is 30.6 Å². The van der Waals surface area contributed by atoms with E-state index in [0.717, 1.165) is 0 Å². The molecule has 1 unspecified atom stereocenters. The summed E-state index contributed by atoms with van der Waals surface area (Å²) >= 11 is 11.8. The summed E-state index contributed by atoms with van der Waals surface area (Å²) in [6.07, 6.45) is -2.33. The first-order valence-corrected chi connectivity index (χ1v) is 9.86. The minimum Gasteiger partial charge on any atom is -0.374 e. The maximum Gasteiger partial charge on any atom is 0.435 e. The van der Waals surface area contributed by atoms with Gasteiger partial charge in [0.05, 0.1) is 12.3 Å². The van der Waals surface area contributed by atoms with Crippen molar-refractivity contribution in [2.45, 2.75) is 18.2 Å². The zero-order valence-electron chi connectivity index (χ0n) is 16.3. The van der Waals surface area contributed by atoms with Crippen LogP contribution in [-0.2, 0) is 10.4 Å². The molecule has 0 spiro atoms. The Labute approximate surface area is 187 Å². The molecule has 5 nitrogen and oxygen atoms in total. The normalized spacial score (nSPS) is 18.6. The van der Waals surface area contributed by atoms with Crippen molar-refractivity contribution in [3.05, 3.63) is 82.1 Å². The molecule has 0 aliphatic carbocycles. The van der Waals surface area contributed by atoms with Crippen molar-refractivity contribution in [2.24, 2.45) is 5.16 Å². The van der Waals surface area contributed by atoms with Gasteiger partial charge in [0, 0.05) is 47.0 Å². The Balaban J connectivity index is 1.66. The Kier molecular flexibility index (Phi) is 6.81. The highest BCUT2D eigenvalue weighted by molar-refractivity contribution is 6.34. The summed E-state index contributed by atoms with van der Waals surface area (Å²) in [5.41, 5.74) is -2.22. The number of nitrogens with zero attached hydrogens (tertiary/aromatic N) is 2. The standard InChI is InChI=1S/C21H18Cl2F3N3O2/c1-29(8-7-27-19(30)14-5-3-2-4-6-14)13-18-12-20(31-28-18,21(24,25)26)15-9-16(22)11-17(23)10-15/h2-11H,12-13H2,1H3,(H,27,30)/b8-7+. The Morgan fingerprint density at radius 1 is 1.23 bits per heavy atom. The quantitative estimate of drug-likeness (QED) is 0.616. The summed E-state index contributed by atoms with van der Waals surface area (Å²) in [5.74, 6) is -0.305. The van der Waals surface area contributed by atoms with Crippen LogP contribution >= 0.6 is 23.2 Å². The number of oxime groups is 1. The molecule has 0 saturated heterocycles. The third-order valence-electron chi connectivity index (χ3n) is 4.58. The fourth-order valence-electron chi connectivity index (χ4n) is 3.09. The van der Waals surface area contributed by atoms with E-state index in [1.807, 2.05) is 0 Å². The van der Waals surface area contributed by atoms with Crippen LogP contribution in [0.2, 0.25) is 10.0 Å². The molecule has 31 heavy (non-hydrogen) atoms. The molecule has 0 fully saturated rings. The van der Waals surface area contributed by atoms with Gasteiger partial charge in [-0.15, -0.1) is 0 Å². The summed E-state index contributed by atoms with van der Waals surface area (Å²) in [7, 11) is 1.64. The maximum atomic E-state index is 14.0. The fraction of sp³-hybridized carbons (Fsp3) is 0.238. The second-order valence-corrected chi connectivity index (χ2v) is 7.85. The molecule has 2 aromatic carbocycles. The van der Waals surface area contributed by atoms with Crippen LogP contribution in [0.1, 0.15) is 22.3 Å². The number of benzene rings is 2. The topological polar surface area (TPSA) is 53.9 Å². The van der Waals surface area contributed by atoms with E-state index < -0.39 is 18.2 Å². The van der Waals surface area contributed by atoms with Gasteiger partial charge in [0.1, 0.15) is 0 Å². The number of hydrogen-bond donors (Lipinski definition) is 1. The van der Waals surface area contributed by atoms with Crippen molar-refractivity contribution in [2.75, 3.05) is 13.6 Å².